The monoisotopic (exact) mass is 604 g/mol. The smallest absolute Gasteiger partial charge is 0.379 e. The van der Waals surface area contributed by atoms with Crippen LogP contribution < -0.4 is 0 Å². The van der Waals surface area contributed by atoms with Crippen LogP contribution in [0.2, 0.25) is 0 Å². The molecule has 11 heteroatoms. The van der Waals surface area contributed by atoms with E-state index in [2.05, 4.69) is 13.8 Å². The van der Waals surface area contributed by atoms with Gasteiger partial charge in [-0.3, -0.25) is 9.05 Å². The van der Waals surface area contributed by atoms with Gasteiger partial charge in [-0.05, 0) is 54.4 Å². The molecular weight excluding hydrogens is 547 g/mol. The second-order valence-corrected chi connectivity index (χ2v) is 12.9. The number of hydrogen-bond donors (Lipinski definition) is 0. The van der Waals surface area contributed by atoms with Crippen LogP contribution in [-0.4, -0.2) is 89.5 Å². The molecule has 9 nitrogen and oxygen atoms in total. The van der Waals surface area contributed by atoms with Crippen LogP contribution in [0.25, 0.3) is 0 Å². The molecule has 39 heavy (non-hydrogen) atoms. The molecule has 0 radical (unpaired) electrons. The fourth-order valence-corrected chi connectivity index (χ4v) is 5.16. The van der Waals surface area contributed by atoms with Gasteiger partial charge in [0.25, 0.3) is 0 Å². The van der Waals surface area contributed by atoms with Gasteiger partial charge in [0.05, 0.1) is 76.3 Å². The third kappa shape index (κ3) is 25.6. The van der Waals surface area contributed by atoms with Crippen LogP contribution in [0.5, 0.6) is 0 Å². The van der Waals surface area contributed by atoms with Crippen molar-refractivity contribution in [3.63, 3.8) is 0 Å². The zero-order chi connectivity index (χ0) is 29.5. The van der Waals surface area contributed by atoms with Gasteiger partial charge in [-0.1, -0.05) is 39.5 Å². The first kappa shape index (κ1) is 39.2. The van der Waals surface area contributed by atoms with Crippen molar-refractivity contribution in [2.24, 2.45) is 0 Å². The van der Waals surface area contributed by atoms with E-state index in [1.54, 1.807) is 13.8 Å². The number of ether oxygens (including phenoxy) is 6. The van der Waals surface area contributed by atoms with Crippen LogP contribution in [0.15, 0.2) is 0 Å². The molecule has 0 aliphatic rings. The maximum Gasteiger partial charge on any atom is 0.424 e. The Labute approximate surface area is 243 Å². The van der Waals surface area contributed by atoms with Crippen LogP contribution in [0.3, 0.4) is 0 Å². The highest BCUT2D eigenvalue weighted by molar-refractivity contribution is 7.81. The van der Waals surface area contributed by atoms with Crippen molar-refractivity contribution < 1.29 is 42.0 Å². The van der Waals surface area contributed by atoms with Gasteiger partial charge in [0.1, 0.15) is 0 Å². The average molecular weight is 605 g/mol. The minimum Gasteiger partial charge on any atom is -0.379 e. The Kier molecular flexibility index (Phi) is 24.9. The topological polar surface area (TPSA) is 90.9 Å². The third-order valence-electron chi connectivity index (χ3n) is 5.56. The van der Waals surface area contributed by atoms with Crippen LogP contribution >= 0.6 is 18.2 Å². The SMILES string of the molecule is CCCCCOCC(C)OCC(C)OCC(C)OP(=O)(Cl)OC(C)COC(C)COC(C)COCCCCC. The van der Waals surface area contributed by atoms with E-state index in [0.29, 0.717) is 26.4 Å². The standard InChI is InChI=1S/C28H58ClO9P/c1-9-11-13-15-31-17-23(3)33-19-25(5)35-21-27(7)37-39(29,30)38-28(8)22-36-26(6)20-34-24(4)18-32-16-14-12-10-2/h23-28H,9-22H2,1-8H3. The van der Waals surface area contributed by atoms with Gasteiger partial charge in [0.15, 0.2) is 0 Å². The highest BCUT2D eigenvalue weighted by atomic mass is 35.7. The van der Waals surface area contributed by atoms with Gasteiger partial charge in [0, 0.05) is 24.5 Å². The summed E-state index contributed by atoms with van der Waals surface area (Å²) < 4.78 is 57.8. The minimum atomic E-state index is -3.81. The van der Waals surface area contributed by atoms with Gasteiger partial charge in [0.2, 0.25) is 0 Å². The Morgan fingerprint density at radius 1 is 0.513 bits per heavy atom. The molecule has 0 aromatic rings. The Bertz CT molecular complexity index is 555. The van der Waals surface area contributed by atoms with E-state index >= 15 is 0 Å². The highest BCUT2D eigenvalue weighted by Crippen LogP contribution is 2.55. The number of hydrogen-bond acceptors (Lipinski definition) is 9. The zero-order valence-corrected chi connectivity index (χ0v) is 27.5. The van der Waals surface area contributed by atoms with Gasteiger partial charge < -0.3 is 28.4 Å². The highest BCUT2D eigenvalue weighted by Gasteiger charge is 2.28. The molecule has 0 amide bonds. The molecule has 0 aliphatic heterocycles. The van der Waals surface area contributed by atoms with E-state index in [0.717, 1.165) is 26.1 Å². The molecule has 0 aromatic heterocycles. The van der Waals surface area contributed by atoms with E-state index in [1.165, 1.54) is 25.7 Å². The molecule has 0 aliphatic carbocycles. The first-order chi connectivity index (χ1) is 18.5. The van der Waals surface area contributed by atoms with Crippen LogP contribution in [0.1, 0.15) is 93.9 Å². The second kappa shape index (κ2) is 24.8. The van der Waals surface area contributed by atoms with Crippen LogP contribution in [0.4, 0.5) is 0 Å². The van der Waals surface area contributed by atoms with E-state index < -0.39 is 19.2 Å². The lowest BCUT2D eigenvalue weighted by Crippen LogP contribution is -2.27. The molecule has 0 bridgehead atoms. The fourth-order valence-electron chi connectivity index (χ4n) is 3.31. The molecule has 0 saturated carbocycles. The number of rotatable bonds is 28. The molecule has 0 fully saturated rings. The van der Waals surface area contributed by atoms with Gasteiger partial charge in [-0.15, -0.1) is 0 Å². The Hall–Kier alpha value is 0.200. The van der Waals surface area contributed by atoms with Crippen molar-refractivity contribution in [1.29, 1.82) is 0 Å². The summed E-state index contributed by atoms with van der Waals surface area (Å²) in [5, 5.41) is 0. The van der Waals surface area contributed by atoms with Crippen molar-refractivity contribution in [2.45, 2.75) is 131 Å². The van der Waals surface area contributed by atoms with Crippen LogP contribution in [0, 0.1) is 0 Å². The summed E-state index contributed by atoms with van der Waals surface area (Å²) in [5.41, 5.74) is 0. The predicted octanol–water partition coefficient (Wildman–Crippen LogP) is 7.18. The summed E-state index contributed by atoms with van der Waals surface area (Å²) in [7, 11) is 0. The zero-order valence-electron chi connectivity index (χ0n) is 25.9. The fraction of sp³-hybridized carbons (Fsp3) is 1.00. The van der Waals surface area contributed by atoms with Crippen LogP contribution in [-0.2, 0) is 42.0 Å². The van der Waals surface area contributed by atoms with E-state index in [9.17, 15) is 4.57 Å². The molecule has 0 spiro atoms. The molecule has 0 N–H and O–H groups in total. The predicted molar refractivity (Wildman–Crippen MR) is 157 cm³/mol. The van der Waals surface area contributed by atoms with Crippen molar-refractivity contribution in [1.82, 2.24) is 0 Å². The van der Waals surface area contributed by atoms with E-state index in [-0.39, 0.29) is 37.6 Å². The van der Waals surface area contributed by atoms with Crippen molar-refractivity contribution in [2.75, 3.05) is 52.9 Å². The van der Waals surface area contributed by atoms with Gasteiger partial charge >= 0.3 is 6.95 Å². The first-order valence-corrected chi connectivity index (χ1v) is 17.2. The molecule has 0 saturated heterocycles. The second-order valence-electron chi connectivity index (χ2n) is 10.4. The average Bonchev–Trinajstić information content (AvgIpc) is 2.87. The quantitative estimate of drug-likeness (QED) is 0.0680. The summed E-state index contributed by atoms with van der Waals surface area (Å²) in [6, 6.07) is 0. The molecule has 0 heterocycles. The molecule has 0 rings (SSSR count). The maximum atomic E-state index is 12.6. The molecule has 0 aromatic carbocycles. The Morgan fingerprint density at radius 2 is 0.821 bits per heavy atom. The summed E-state index contributed by atoms with van der Waals surface area (Å²) in [6.07, 6.45) is 5.44. The molecule has 6 atom stereocenters. The van der Waals surface area contributed by atoms with Crippen molar-refractivity contribution in [3.05, 3.63) is 0 Å². The third-order valence-corrected chi connectivity index (χ3v) is 7.26. The summed E-state index contributed by atoms with van der Waals surface area (Å²) in [5.74, 6) is 0. The first-order valence-electron chi connectivity index (χ1n) is 14.8. The number of unbranched alkanes of at least 4 members (excludes halogenated alkanes) is 4. The lowest BCUT2D eigenvalue weighted by atomic mass is 10.3. The largest absolute Gasteiger partial charge is 0.424 e. The van der Waals surface area contributed by atoms with Gasteiger partial charge in [-0.25, -0.2) is 4.57 Å². The lowest BCUT2D eigenvalue weighted by Gasteiger charge is -2.23. The number of halogens is 1. The van der Waals surface area contributed by atoms with Crippen molar-refractivity contribution in [3.8, 4) is 0 Å². The van der Waals surface area contributed by atoms with E-state index in [1.807, 2.05) is 27.7 Å². The molecular formula is C28H58ClO9P. The van der Waals surface area contributed by atoms with Crippen molar-refractivity contribution >= 4 is 18.2 Å². The Morgan fingerprint density at radius 3 is 1.15 bits per heavy atom. The van der Waals surface area contributed by atoms with E-state index in [4.69, 9.17) is 48.7 Å². The van der Waals surface area contributed by atoms with Gasteiger partial charge in [-0.2, -0.15) is 0 Å². The normalized spacial score (nSPS) is 18.3. The summed E-state index contributed by atoms with van der Waals surface area (Å²) in [6.45, 7) is 15.6. The lowest BCUT2D eigenvalue weighted by molar-refractivity contribution is -0.0729. The molecule has 6 unspecified atom stereocenters. The Balaban J connectivity index is 4.03. The molecule has 236 valence electrons. The summed E-state index contributed by atoms with van der Waals surface area (Å²) >= 11 is 6.05. The maximum absolute atomic E-state index is 12.6. The summed E-state index contributed by atoms with van der Waals surface area (Å²) in [4.78, 5) is 0. The minimum absolute atomic E-state index is 0.0152.